The van der Waals surface area contributed by atoms with E-state index in [0.717, 1.165) is 47.9 Å². The van der Waals surface area contributed by atoms with Crippen LogP contribution in [0.15, 0.2) is 42.5 Å². The van der Waals surface area contributed by atoms with E-state index in [1.54, 1.807) is 0 Å². The van der Waals surface area contributed by atoms with Gasteiger partial charge in [0.2, 0.25) is 0 Å². The van der Waals surface area contributed by atoms with Crippen LogP contribution in [-0.2, 0) is 30.7 Å². The van der Waals surface area contributed by atoms with Crippen molar-refractivity contribution in [1.82, 2.24) is 14.5 Å². The highest BCUT2D eigenvalue weighted by atomic mass is 16.5. The molecule has 2 aromatic carbocycles. The minimum atomic E-state index is -0.672. The molecule has 0 bridgehead atoms. The van der Waals surface area contributed by atoms with Crippen LogP contribution in [0.3, 0.4) is 0 Å². The van der Waals surface area contributed by atoms with Crippen LogP contribution in [0.1, 0.15) is 42.3 Å². The van der Waals surface area contributed by atoms with E-state index >= 15 is 0 Å². The Morgan fingerprint density at radius 3 is 2.48 bits per heavy atom. The van der Waals surface area contributed by atoms with Gasteiger partial charge in [-0.15, -0.1) is 0 Å². The molecule has 2 heterocycles. The predicted molar refractivity (Wildman–Crippen MR) is 131 cm³/mol. The smallest absolute Gasteiger partial charge is 0.152 e. The molecule has 33 heavy (non-hydrogen) atoms. The molecule has 5 N–H and O–H groups in total. The zero-order chi connectivity index (χ0) is 23.0. The van der Waals surface area contributed by atoms with Crippen molar-refractivity contribution >= 4 is 27.8 Å². The number of ether oxygens (including phenoxy) is 1. The highest BCUT2D eigenvalue weighted by molar-refractivity contribution is 6.06. The topological polar surface area (TPSA) is 112 Å². The maximum atomic E-state index is 10.7. The Hall–Kier alpha value is -3.00. The second-order valence-corrected chi connectivity index (χ2v) is 9.05. The zero-order valence-electron chi connectivity index (χ0n) is 19.1. The van der Waals surface area contributed by atoms with Crippen LogP contribution in [0.25, 0.3) is 21.9 Å². The number of nitrogen functional groups attached to an aromatic ring is 1. The fourth-order valence-corrected chi connectivity index (χ4v) is 4.41. The Bertz CT molecular complexity index is 1290. The SMILES string of the molecule is CCOCc1nc2c(N)nc3cc(Cc4ccc(CCN)cc4)ccc3c2n1CC1(O)CC1. The molecule has 7 nitrogen and oxygen atoms in total. The molecule has 0 radical (unpaired) electrons. The lowest BCUT2D eigenvalue weighted by Gasteiger charge is -2.15. The van der Waals surface area contributed by atoms with Gasteiger partial charge in [0.05, 0.1) is 23.2 Å². The molecular weight excluding hydrogens is 414 g/mol. The average molecular weight is 446 g/mol. The molecule has 2 aromatic heterocycles. The first-order chi connectivity index (χ1) is 16.0. The molecule has 0 atom stereocenters. The summed E-state index contributed by atoms with van der Waals surface area (Å²) in [6, 6.07) is 14.9. The third-order valence-corrected chi connectivity index (χ3v) is 6.43. The molecule has 0 saturated heterocycles. The van der Waals surface area contributed by atoms with Gasteiger partial charge in [-0.1, -0.05) is 36.4 Å². The van der Waals surface area contributed by atoms with E-state index in [1.807, 2.05) is 6.92 Å². The Morgan fingerprint density at radius 2 is 1.79 bits per heavy atom. The zero-order valence-corrected chi connectivity index (χ0v) is 19.1. The first-order valence-corrected chi connectivity index (χ1v) is 11.6. The quantitative estimate of drug-likeness (QED) is 0.364. The maximum Gasteiger partial charge on any atom is 0.152 e. The Morgan fingerprint density at radius 1 is 1.06 bits per heavy atom. The van der Waals surface area contributed by atoms with Crippen LogP contribution < -0.4 is 11.5 Å². The van der Waals surface area contributed by atoms with Gasteiger partial charge in [0.1, 0.15) is 17.9 Å². The van der Waals surface area contributed by atoms with Gasteiger partial charge in [-0.05, 0) is 61.9 Å². The van der Waals surface area contributed by atoms with Crippen molar-refractivity contribution in [1.29, 1.82) is 0 Å². The number of anilines is 1. The molecule has 1 saturated carbocycles. The van der Waals surface area contributed by atoms with Gasteiger partial charge < -0.3 is 25.9 Å². The molecule has 1 aliphatic carbocycles. The van der Waals surface area contributed by atoms with E-state index in [4.69, 9.17) is 21.2 Å². The van der Waals surface area contributed by atoms with Gasteiger partial charge in [-0.2, -0.15) is 0 Å². The minimum Gasteiger partial charge on any atom is -0.388 e. The normalized spacial score (nSPS) is 14.9. The van der Waals surface area contributed by atoms with Gasteiger partial charge in [0, 0.05) is 12.0 Å². The molecule has 5 rings (SSSR count). The number of imidazole rings is 1. The Balaban J connectivity index is 1.55. The van der Waals surface area contributed by atoms with Crippen molar-refractivity contribution in [3.63, 3.8) is 0 Å². The number of nitrogens with zero attached hydrogens (tertiary/aromatic N) is 3. The van der Waals surface area contributed by atoms with Crippen LogP contribution in [0.2, 0.25) is 0 Å². The molecule has 0 unspecified atom stereocenters. The molecule has 0 aliphatic heterocycles. The molecule has 1 aliphatic rings. The van der Waals surface area contributed by atoms with Crippen molar-refractivity contribution in [3.8, 4) is 0 Å². The van der Waals surface area contributed by atoms with E-state index < -0.39 is 5.60 Å². The standard InChI is InChI=1S/C26H31N5O2/c1-2-33-15-22-30-23-24(31(22)16-26(32)10-11-26)20-8-7-19(14-21(20)29-25(23)28)13-18-5-3-17(4-6-18)9-12-27/h3-8,14,32H,2,9-13,15-16,27H2,1H3,(H2,28,29). The van der Waals surface area contributed by atoms with Crippen molar-refractivity contribution in [2.75, 3.05) is 18.9 Å². The van der Waals surface area contributed by atoms with E-state index in [9.17, 15) is 5.11 Å². The summed E-state index contributed by atoms with van der Waals surface area (Å²) in [7, 11) is 0. The highest BCUT2D eigenvalue weighted by Crippen LogP contribution is 2.39. The first-order valence-electron chi connectivity index (χ1n) is 11.6. The van der Waals surface area contributed by atoms with Crippen molar-refractivity contribution in [2.24, 2.45) is 5.73 Å². The fourth-order valence-electron chi connectivity index (χ4n) is 4.41. The Labute approximate surface area is 193 Å². The summed E-state index contributed by atoms with van der Waals surface area (Å²) in [6.07, 6.45) is 3.30. The van der Waals surface area contributed by atoms with Crippen LogP contribution in [-0.4, -0.2) is 38.4 Å². The second kappa shape index (κ2) is 8.74. The number of pyridine rings is 1. The number of rotatable bonds is 9. The van der Waals surface area contributed by atoms with Crippen molar-refractivity contribution in [3.05, 3.63) is 65.0 Å². The third kappa shape index (κ3) is 4.44. The fraction of sp³-hybridized carbons (Fsp3) is 0.385. The number of aromatic nitrogens is 3. The number of nitrogens with two attached hydrogens (primary N) is 2. The number of hydrogen-bond donors (Lipinski definition) is 3. The molecule has 7 heteroatoms. The maximum absolute atomic E-state index is 10.7. The molecule has 4 aromatic rings. The van der Waals surface area contributed by atoms with Crippen LogP contribution in [0, 0.1) is 0 Å². The summed E-state index contributed by atoms with van der Waals surface area (Å²) in [4.78, 5) is 9.43. The summed E-state index contributed by atoms with van der Waals surface area (Å²) in [5.41, 5.74) is 17.4. The Kier molecular flexibility index (Phi) is 5.78. The van der Waals surface area contributed by atoms with E-state index in [0.29, 0.717) is 37.6 Å². The van der Waals surface area contributed by atoms with Gasteiger partial charge >= 0.3 is 0 Å². The van der Waals surface area contributed by atoms with E-state index in [1.165, 1.54) is 16.7 Å². The largest absolute Gasteiger partial charge is 0.388 e. The number of benzene rings is 2. The lowest BCUT2D eigenvalue weighted by atomic mass is 10.0. The summed E-state index contributed by atoms with van der Waals surface area (Å²) in [5, 5.41) is 11.7. The van der Waals surface area contributed by atoms with Gasteiger partial charge in [0.15, 0.2) is 5.82 Å². The van der Waals surface area contributed by atoms with Crippen LogP contribution in [0.4, 0.5) is 5.82 Å². The van der Waals surface area contributed by atoms with Gasteiger partial charge in [-0.25, -0.2) is 9.97 Å². The van der Waals surface area contributed by atoms with Gasteiger partial charge in [-0.3, -0.25) is 0 Å². The molecule has 0 spiro atoms. The number of fused-ring (bicyclic) bond motifs is 3. The summed E-state index contributed by atoms with van der Waals surface area (Å²) in [5.74, 6) is 1.18. The van der Waals surface area contributed by atoms with Crippen molar-refractivity contribution < 1.29 is 9.84 Å². The first kappa shape index (κ1) is 21.8. The second-order valence-electron chi connectivity index (χ2n) is 9.05. The molecule has 1 fully saturated rings. The average Bonchev–Trinajstić information content (AvgIpc) is 3.42. The molecule has 172 valence electrons. The van der Waals surface area contributed by atoms with Gasteiger partial charge in [0.25, 0.3) is 0 Å². The van der Waals surface area contributed by atoms with E-state index in [2.05, 4.69) is 52.0 Å². The number of hydrogen-bond acceptors (Lipinski definition) is 6. The van der Waals surface area contributed by atoms with Crippen molar-refractivity contribution in [2.45, 2.75) is 51.4 Å². The van der Waals surface area contributed by atoms with Crippen LogP contribution >= 0.6 is 0 Å². The summed E-state index contributed by atoms with van der Waals surface area (Å²) in [6.45, 7) is 4.08. The lowest BCUT2D eigenvalue weighted by Crippen LogP contribution is -2.19. The minimum absolute atomic E-state index is 0.375. The predicted octanol–water partition coefficient (Wildman–Crippen LogP) is 3.32. The number of aliphatic hydroxyl groups is 1. The van der Waals surface area contributed by atoms with E-state index in [-0.39, 0.29) is 0 Å². The lowest BCUT2D eigenvalue weighted by molar-refractivity contribution is 0.110. The molecule has 0 amide bonds. The third-order valence-electron chi connectivity index (χ3n) is 6.43. The summed E-state index contributed by atoms with van der Waals surface area (Å²) >= 11 is 0. The summed E-state index contributed by atoms with van der Waals surface area (Å²) < 4.78 is 7.73. The highest BCUT2D eigenvalue weighted by Gasteiger charge is 2.41. The monoisotopic (exact) mass is 445 g/mol. The van der Waals surface area contributed by atoms with Crippen LogP contribution in [0.5, 0.6) is 0 Å². The molecular formula is C26H31N5O2.